The number of allylic oxidation sites excluding steroid dienone is 4. The van der Waals surface area contributed by atoms with Crippen molar-refractivity contribution in [3.63, 3.8) is 0 Å². The van der Waals surface area contributed by atoms with E-state index in [1.54, 1.807) is 20.9 Å². The van der Waals surface area contributed by atoms with Crippen molar-refractivity contribution in [3.05, 3.63) is 193 Å². The average molecular weight is 963 g/mol. The Morgan fingerprint density at radius 2 is 1.06 bits per heavy atom. The van der Waals surface area contributed by atoms with Crippen molar-refractivity contribution < 1.29 is 46.1 Å². The Balaban J connectivity index is 0.00000340. The fraction of sp³-hybridized carbons (Fsp3) is 0.328. The minimum atomic E-state index is -2.97. The molecule has 2 aliphatic rings. The molecule has 0 bridgehead atoms. The van der Waals surface area contributed by atoms with E-state index in [1.165, 1.54) is 92.4 Å². The third-order valence-corrected chi connectivity index (χ3v) is 21.0. The van der Waals surface area contributed by atoms with Gasteiger partial charge in [0, 0.05) is 0 Å². The molecule has 0 fully saturated rings. The van der Waals surface area contributed by atoms with Crippen molar-refractivity contribution in [1.82, 2.24) is 0 Å². The molecule has 0 unspecified atom stereocenters. The zero-order chi connectivity index (χ0) is 43.4. The largest absolute Gasteiger partial charge is 1.00 e. The van der Waals surface area contributed by atoms with Gasteiger partial charge in [-0.05, 0) is 0 Å². The summed E-state index contributed by atoms with van der Waals surface area (Å²) < 4.78 is 5.23. The first-order valence-corrected chi connectivity index (χ1v) is 27.4. The predicted octanol–water partition coefficient (Wildman–Crippen LogP) is 9.63. The van der Waals surface area contributed by atoms with Crippen molar-refractivity contribution in [2.75, 3.05) is 0 Å². The van der Waals surface area contributed by atoms with Crippen LogP contribution in [0.25, 0.3) is 33.4 Å². The van der Waals surface area contributed by atoms with E-state index >= 15 is 0 Å². The van der Waals surface area contributed by atoms with E-state index in [-0.39, 0.29) is 35.6 Å². The molecule has 6 aromatic rings. The summed E-state index contributed by atoms with van der Waals surface area (Å²) >= 11 is -2.97. The van der Waals surface area contributed by atoms with Crippen LogP contribution in [0.3, 0.4) is 0 Å². The SMILES string of the molecule is CCCCc1ccccc1-c1cc2c(cc1C(C)(C)C)-c1cc(C(C)(C)C)c(-c3ccccc3CCCC)[c]([Zr+2]([C]3=CC=CC3)=[C](Cc3ccccc3)Cc3ccccc3)c1C2.[Cl-].[Cl-]. The van der Waals surface area contributed by atoms with Gasteiger partial charge in [-0.15, -0.1) is 0 Å². The predicted molar refractivity (Wildman–Crippen MR) is 267 cm³/mol. The van der Waals surface area contributed by atoms with E-state index in [1.807, 2.05) is 0 Å². The monoisotopic (exact) mass is 960 g/mol. The van der Waals surface area contributed by atoms with Crippen LogP contribution < -0.4 is 28.1 Å². The van der Waals surface area contributed by atoms with Crippen molar-refractivity contribution in [2.45, 2.75) is 130 Å². The minimum Gasteiger partial charge on any atom is -1.00 e. The van der Waals surface area contributed by atoms with Crippen LogP contribution in [0.2, 0.25) is 0 Å². The molecular formula is C61H68Cl2Zr. The molecule has 0 N–H and O–H groups in total. The summed E-state index contributed by atoms with van der Waals surface area (Å²) in [5.74, 6) is 0. The minimum absolute atomic E-state index is 0. The third-order valence-electron chi connectivity index (χ3n) is 13.4. The van der Waals surface area contributed by atoms with Crippen LogP contribution in [0.4, 0.5) is 0 Å². The molecule has 0 heterocycles. The number of halogens is 2. The summed E-state index contributed by atoms with van der Waals surface area (Å²) in [4.78, 5) is 0. The molecule has 2 aliphatic carbocycles. The Bertz CT molecular complexity index is 2600. The number of aryl methyl sites for hydroxylation is 2. The van der Waals surface area contributed by atoms with Gasteiger partial charge in [0.15, 0.2) is 0 Å². The van der Waals surface area contributed by atoms with Crippen molar-refractivity contribution >= 4 is 6.48 Å². The summed E-state index contributed by atoms with van der Waals surface area (Å²) in [6.45, 7) is 19.3. The van der Waals surface area contributed by atoms with E-state index in [0.717, 1.165) is 38.5 Å². The maximum Gasteiger partial charge on any atom is -1.00 e. The summed E-state index contributed by atoms with van der Waals surface area (Å²) in [5, 5.41) is 0. The van der Waals surface area contributed by atoms with E-state index in [4.69, 9.17) is 0 Å². The van der Waals surface area contributed by atoms with Gasteiger partial charge in [-0.25, -0.2) is 0 Å². The second-order valence-electron chi connectivity index (χ2n) is 20.1. The molecule has 0 aliphatic heterocycles. The van der Waals surface area contributed by atoms with E-state index in [0.29, 0.717) is 0 Å². The van der Waals surface area contributed by atoms with Gasteiger partial charge in [-0.2, -0.15) is 0 Å². The summed E-state index contributed by atoms with van der Waals surface area (Å²) in [7, 11) is 0. The molecule has 3 heteroatoms. The van der Waals surface area contributed by atoms with Gasteiger partial charge in [0.1, 0.15) is 0 Å². The number of hydrogen-bond acceptors (Lipinski definition) is 0. The van der Waals surface area contributed by atoms with Crippen LogP contribution >= 0.6 is 0 Å². The van der Waals surface area contributed by atoms with E-state index in [9.17, 15) is 0 Å². The molecule has 0 saturated carbocycles. The van der Waals surface area contributed by atoms with E-state index in [2.05, 4.69) is 201 Å². The number of fused-ring (bicyclic) bond motifs is 3. The number of hydrogen-bond donors (Lipinski definition) is 0. The molecule has 0 amide bonds. The molecule has 0 aromatic heterocycles. The smallest absolute Gasteiger partial charge is 1.00 e. The fourth-order valence-electron chi connectivity index (χ4n) is 10.2. The Morgan fingerprint density at radius 3 is 1.59 bits per heavy atom. The van der Waals surface area contributed by atoms with Crippen LogP contribution in [0.15, 0.2) is 149 Å². The van der Waals surface area contributed by atoms with Gasteiger partial charge < -0.3 is 24.8 Å². The third kappa shape index (κ3) is 10.7. The quantitative estimate of drug-likeness (QED) is 0.102. The van der Waals surface area contributed by atoms with Gasteiger partial charge in [0.05, 0.1) is 0 Å². The molecule has 0 nitrogen and oxygen atoms in total. The van der Waals surface area contributed by atoms with Crippen LogP contribution in [0, 0.1) is 0 Å². The number of unbranched alkanes of at least 4 members (excludes halogenated alkanes) is 2. The second-order valence-corrected chi connectivity index (χ2v) is 26.5. The Morgan fingerprint density at radius 1 is 0.547 bits per heavy atom. The van der Waals surface area contributed by atoms with E-state index < -0.39 is 21.3 Å². The molecule has 0 saturated heterocycles. The number of benzene rings is 6. The van der Waals surface area contributed by atoms with Gasteiger partial charge in [-0.3, -0.25) is 0 Å². The summed E-state index contributed by atoms with van der Waals surface area (Å²) in [6, 6.07) is 49.6. The zero-order valence-corrected chi connectivity index (χ0v) is 43.7. The summed E-state index contributed by atoms with van der Waals surface area (Å²) in [6.07, 6.45) is 18.5. The normalized spacial score (nSPS) is 12.7. The molecule has 64 heavy (non-hydrogen) atoms. The zero-order valence-electron chi connectivity index (χ0n) is 39.7. The molecule has 330 valence electrons. The van der Waals surface area contributed by atoms with Crippen LogP contribution in [-0.4, -0.2) is 3.21 Å². The second kappa shape index (κ2) is 21.6. The first-order chi connectivity index (χ1) is 30.0. The molecule has 6 aromatic carbocycles. The van der Waals surface area contributed by atoms with Gasteiger partial charge >= 0.3 is 385 Å². The van der Waals surface area contributed by atoms with Crippen LogP contribution in [0.5, 0.6) is 0 Å². The van der Waals surface area contributed by atoms with Crippen LogP contribution in [-0.2, 0) is 64.2 Å². The first kappa shape index (κ1) is 49.6. The Kier molecular flexibility index (Phi) is 16.7. The maximum absolute atomic E-state index is 2.97. The average Bonchev–Trinajstić information content (AvgIpc) is 3.93. The molecule has 0 radical (unpaired) electrons. The molecule has 0 spiro atoms. The van der Waals surface area contributed by atoms with Gasteiger partial charge in [-0.1, -0.05) is 0 Å². The molecule has 0 atom stereocenters. The Labute approximate surface area is 406 Å². The standard InChI is InChI=1S/C41H49.C15H14.C5H5.2ClH.Zr/c1-9-11-17-28-19-13-15-21-32(28)36-24-30-23-31-25-37(33-22-16-14-20-29(33)18-12-10-2)39(41(6,7)8)27-35(31)34(30)26-38(36)40(3,4)5;1-3-8-14(9-4-1)12-7-13-15-10-5-2-6-11-15;1-2-4-5-3-1;;;/h13-16,19-22,24,26-27H,9-12,17-18,23H2,1-8H3;1-6,8-11H,12-13H2;1-3H,4H2;2*1H;/q;;;;;+2/p-2. The molecule has 8 rings (SSSR count). The topological polar surface area (TPSA) is 0 Å². The summed E-state index contributed by atoms with van der Waals surface area (Å²) in [5.41, 5.74) is 20.7. The van der Waals surface area contributed by atoms with Gasteiger partial charge in [0.2, 0.25) is 0 Å². The van der Waals surface area contributed by atoms with Gasteiger partial charge in [0.25, 0.3) is 0 Å². The number of rotatable bonds is 14. The molecular weight excluding hydrogens is 895 g/mol. The maximum atomic E-state index is 2.69. The Hall–Kier alpha value is -3.87. The fourth-order valence-corrected chi connectivity index (χ4v) is 18.9. The van der Waals surface area contributed by atoms with Crippen molar-refractivity contribution in [2.24, 2.45) is 0 Å². The van der Waals surface area contributed by atoms with Crippen molar-refractivity contribution in [3.8, 4) is 33.4 Å². The van der Waals surface area contributed by atoms with Crippen molar-refractivity contribution in [1.29, 1.82) is 0 Å². The van der Waals surface area contributed by atoms with Crippen LogP contribution in [0.1, 0.15) is 132 Å². The first-order valence-electron chi connectivity index (χ1n) is 23.7.